The highest BCUT2D eigenvalue weighted by Gasteiger charge is 2.10. The van der Waals surface area contributed by atoms with Crippen molar-refractivity contribution in [2.24, 2.45) is 0 Å². The largest absolute Gasteiger partial charge is 0.387 e. The van der Waals surface area contributed by atoms with Crippen LogP contribution in [0.1, 0.15) is 31.1 Å². The Morgan fingerprint density at radius 1 is 1.22 bits per heavy atom. The number of aliphatic hydroxyl groups is 1. The summed E-state index contributed by atoms with van der Waals surface area (Å²) in [5.41, 5.74) is 2.18. The van der Waals surface area contributed by atoms with Crippen LogP contribution in [0.2, 0.25) is 0 Å². The van der Waals surface area contributed by atoms with Gasteiger partial charge in [-0.25, -0.2) is 0 Å². The van der Waals surface area contributed by atoms with E-state index in [4.69, 9.17) is 4.74 Å². The van der Waals surface area contributed by atoms with Crippen molar-refractivity contribution in [1.82, 2.24) is 4.90 Å². The molecule has 0 amide bonds. The molecular formula is C15H25NO2. The Kier molecular flexibility index (Phi) is 6.33. The third-order valence-electron chi connectivity index (χ3n) is 2.87. The Balaban J connectivity index is 2.34. The number of rotatable bonds is 7. The van der Waals surface area contributed by atoms with E-state index in [1.165, 1.54) is 5.56 Å². The van der Waals surface area contributed by atoms with Crippen molar-refractivity contribution in [3.8, 4) is 0 Å². The van der Waals surface area contributed by atoms with Crippen molar-refractivity contribution in [3.05, 3.63) is 35.4 Å². The average Bonchev–Trinajstić information content (AvgIpc) is 2.29. The van der Waals surface area contributed by atoms with Crippen LogP contribution in [0, 0.1) is 6.92 Å². The van der Waals surface area contributed by atoms with Crippen LogP contribution in [0.4, 0.5) is 0 Å². The van der Waals surface area contributed by atoms with Gasteiger partial charge in [-0.15, -0.1) is 0 Å². The quantitative estimate of drug-likeness (QED) is 0.807. The molecule has 1 atom stereocenters. The average molecular weight is 251 g/mol. The van der Waals surface area contributed by atoms with Crippen LogP contribution in [0.15, 0.2) is 24.3 Å². The van der Waals surface area contributed by atoms with Crippen LogP contribution in [0.3, 0.4) is 0 Å². The molecule has 1 aromatic carbocycles. The number of hydrogen-bond acceptors (Lipinski definition) is 3. The molecule has 0 saturated heterocycles. The second-order valence-electron chi connectivity index (χ2n) is 5.11. The third-order valence-corrected chi connectivity index (χ3v) is 2.87. The summed E-state index contributed by atoms with van der Waals surface area (Å²) in [6, 6.07) is 8.03. The molecule has 0 spiro atoms. The van der Waals surface area contributed by atoms with E-state index < -0.39 is 6.10 Å². The smallest absolute Gasteiger partial charge is 0.0916 e. The first-order valence-electron chi connectivity index (χ1n) is 6.54. The van der Waals surface area contributed by atoms with Crippen LogP contribution in [-0.4, -0.2) is 42.9 Å². The van der Waals surface area contributed by atoms with Gasteiger partial charge in [-0.2, -0.15) is 0 Å². The third kappa shape index (κ3) is 5.63. The van der Waals surface area contributed by atoms with E-state index >= 15 is 0 Å². The molecule has 0 fully saturated rings. The van der Waals surface area contributed by atoms with E-state index in [9.17, 15) is 5.11 Å². The van der Waals surface area contributed by atoms with Crippen molar-refractivity contribution < 1.29 is 9.84 Å². The zero-order valence-corrected chi connectivity index (χ0v) is 11.9. The van der Waals surface area contributed by atoms with Crippen molar-refractivity contribution in [1.29, 1.82) is 0 Å². The first kappa shape index (κ1) is 15.2. The number of hydrogen-bond donors (Lipinski definition) is 1. The number of likely N-dealkylation sites (N-methyl/N-ethyl adjacent to an activating group) is 1. The molecule has 0 aliphatic heterocycles. The van der Waals surface area contributed by atoms with Gasteiger partial charge in [0.25, 0.3) is 0 Å². The minimum atomic E-state index is -0.436. The highest BCUT2D eigenvalue weighted by Crippen LogP contribution is 2.14. The monoisotopic (exact) mass is 251 g/mol. The van der Waals surface area contributed by atoms with E-state index in [1.54, 1.807) is 0 Å². The summed E-state index contributed by atoms with van der Waals surface area (Å²) in [6.07, 6.45) is -0.171. The lowest BCUT2D eigenvalue weighted by molar-refractivity contribution is 0.0519. The molecule has 1 N–H and O–H groups in total. The molecule has 0 heterocycles. The lowest BCUT2D eigenvalue weighted by Gasteiger charge is -2.21. The highest BCUT2D eigenvalue weighted by atomic mass is 16.5. The van der Waals surface area contributed by atoms with E-state index in [-0.39, 0.29) is 6.10 Å². The zero-order chi connectivity index (χ0) is 13.5. The Hall–Kier alpha value is -0.900. The number of nitrogens with zero attached hydrogens (tertiary/aromatic N) is 1. The summed E-state index contributed by atoms with van der Waals surface area (Å²) in [5, 5.41) is 10.1. The summed E-state index contributed by atoms with van der Waals surface area (Å²) in [6.45, 7) is 8.27. The topological polar surface area (TPSA) is 32.7 Å². The molecule has 102 valence electrons. The van der Waals surface area contributed by atoms with Crippen molar-refractivity contribution in [2.45, 2.75) is 33.0 Å². The lowest BCUT2D eigenvalue weighted by Crippen LogP contribution is -2.28. The van der Waals surface area contributed by atoms with Gasteiger partial charge in [-0.3, -0.25) is 0 Å². The second-order valence-corrected chi connectivity index (χ2v) is 5.11. The predicted octanol–water partition coefficient (Wildman–Crippen LogP) is 2.39. The van der Waals surface area contributed by atoms with Gasteiger partial charge in [0.1, 0.15) is 0 Å². The molecule has 0 aromatic heterocycles. The second kappa shape index (κ2) is 7.52. The Bertz CT molecular complexity index is 335. The van der Waals surface area contributed by atoms with E-state index in [1.807, 2.05) is 52.1 Å². The molecule has 0 bridgehead atoms. The molecule has 0 saturated carbocycles. The fourth-order valence-corrected chi connectivity index (χ4v) is 1.72. The van der Waals surface area contributed by atoms with Crippen LogP contribution in [-0.2, 0) is 4.74 Å². The zero-order valence-electron chi connectivity index (χ0n) is 11.9. The van der Waals surface area contributed by atoms with E-state index in [2.05, 4.69) is 4.90 Å². The van der Waals surface area contributed by atoms with Crippen molar-refractivity contribution in [3.63, 3.8) is 0 Å². The maximum atomic E-state index is 10.1. The fourth-order valence-electron chi connectivity index (χ4n) is 1.72. The first-order chi connectivity index (χ1) is 8.49. The summed E-state index contributed by atoms with van der Waals surface area (Å²) < 4.78 is 5.49. The minimum absolute atomic E-state index is 0.264. The summed E-state index contributed by atoms with van der Waals surface area (Å²) in [7, 11) is 2.00. The molecular weight excluding hydrogens is 226 g/mol. The van der Waals surface area contributed by atoms with Crippen LogP contribution in [0.25, 0.3) is 0 Å². The predicted molar refractivity (Wildman–Crippen MR) is 74.7 cm³/mol. The van der Waals surface area contributed by atoms with Crippen LogP contribution >= 0.6 is 0 Å². The van der Waals surface area contributed by atoms with Crippen molar-refractivity contribution in [2.75, 3.05) is 26.7 Å². The molecule has 0 aliphatic carbocycles. The first-order valence-corrected chi connectivity index (χ1v) is 6.54. The standard InChI is InChI=1S/C15H25NO2/c1-12(2)18-10-9-16(4)11-15(17)14-7-5-13(3)6-8-14/h5-8,12,15,17H,9-11H2,1-4H3. The molecule has 3 heteroatoms. The van der Waals surface area contributed by atoms with Gasteiger partial charge < -0.3 is 14.7 Å². The number of aliphatic hydroxyl groups excluding tert-OH is 1. The fraction of sp³-hybridized carbons (Fsp3) is 0.600. The van der Waals surface area contributed by atoms with Crippen LogP contribution in [0.5, 0.6) is 0 Å². The highest BCUT2D eigenvalue weighted by molar-refractivity contribution is 5.23. The Morgan fingerprint density at radius 2 is 1.83 bits per heavy atom. The maximum Gasteiger partial charge on any atom is 0.0916 e. The number of benzene rings is 1. The van der Waals surface area contributed by atoms with Gasteiger partial charge in [-0.05, 0) is 33.4 Å². The summed E-state index contributed by atoms with van der Waals surface area (Å²) in [4.78, 5) is 2.09. The molecule has 1 rings (SSSR count). The summed E-state index contributed by atoms with van der Waals surface area (Å²) in [5.74, 6) is 0. The van der Waals surface area contributed by atoms with Gasteiger partial charge in [0.15, 0.2) is 0 Å². The molecule has 18 heavy (non-hydrogen) atoms. The SMILES string of the molecule is Cc1ccc(C(O)CN(C)CCOC(C)C)cc1. The van der Waals surface area contributed by atoms with Gasteiger partial charge >= 0.3 is 0 Å². The molecule has 0 radical (unpaired) electrons. The lowest BCUT2D eigenvalue weighted by atomic mass is 10.1. The molecule has 3 nitrogen and oxygen atoms in total. The van der Waals surface area contributed by atoms with Gasteiger partial charge in [0, 0.05) is 13.1 Å². The van der Waals surface area contributed by atoms with Crippen LogP contribution < -0.4 is 0 Å². The number of ether oxygens (including phenoxy) is 1. The van der Waals surface area contributed by atoms with Crippen molar-refractivity contribution >= 4 is 0 Å². The minimum Gasteiger partial charge on any atom is -0.387 e. The Labute approximate surface area is 110 Å². The van der Waals surface area contributed by atoms with Gasteiger partial charge in [0.2, 0.25) is 0 Å². The number of aryl methyl sites for hydroxylation is 1. The summed E-state index contributed by atoms with van der Waals surface area (Å²) >= 11 is 0. The normalized spacial score (nSPS) is 13.3. The molecule has 0 aliphatic rings. The molecule has 1 unspecified atom stereocenters. The van der Waals surface area contributed by atoms with E-state index in [0.29, 0.717) is 13.2 Å². The van der Waals surface area contributed by atoms with Gasteiger partial charge in [-0.1, -0.05) is 29.8 Å². The maximum absolute atomic E-state index is 10.1. The molecule has 1 aromatic rings. The Morgan fingerprint density at radius 3 is 2.39 bits per heavy atom. The van der Waals surface area contributed by atoms with E-state index in [0.717, 1.165) is 12.1 Å². The van der Waals surface area contributed by atoms with Gasteiger partial charge in [0.05, 0.1) is 18.8 Å².